The molecule has 3 rings (SSSR count). The van der Waals surface area contributed by atoms with E-state index in [1.54, 1.807) is 7.11 Å². The first kappa shape index (κ1) is 21.0. The molecule has 5 heteroatoms. The molecular weight excluding hydrogens is 364 g/mol. The second-order valence-electron chi connectivity index (χ2n) is 7.76. The summed E-state index contributed by atoms with van der Waals surface area (Å²) >= 11 is 0. The Balaban J connectivity index is 1.50. The minimum atomic E-state index is -0.0657. The van der Waals surface area contributed by atoms with Crippen molar-refractivity contribution in [3.05, 3.63) is 59.8 Å². The highest BCUT2D eigenvalue weighted by Gasteiger charge is 2.31. The maximum atomic E-state index is 12.9. The first-order valence-electron chi connectivity index (χ1n) is 10.5. The van der Waals surface area contributed by atoms with Gasteiger partial charge in [0.15, 0.2) is 0 Å². The van der Waals surface area contributed by atoms with E-state index >= 15 is 0 Å². The Labute approximate surface area is 172 Å². The molecule has 0 radical (unpaired) electrons. The number of amides is 1. The molecule has 0 aliphatic heterocycles. The van der Waals surface area contributed by atoms with Crippen LogP contribution in [0.1, 0.15) is 49.8 Å². The van der Waals surface area contributed by atoms with Gasteiger partial charge in [0.1, 0.15) is 5.78 Å². The van der Waals surface area contributed by atoms with Crippen molar-refractivity contribution in [2.75, 3.05) is 7.11 Å². The van der Waals surface area contributed by atoms with Gasteiger partial charge in [0.2, 0.25) is 11.8 Å². The minimum Gasteiger partial charge on any atom is -0.481 e. The van der Waals surface area contributed by atoms with Gasteiger partial charge in [-0.3, -0.25) is 9.59 Å². The van der Waals surface area contributed by atoms with Gasteiger partial charge in [0.05, 0.1) is 7.11 Å². The lowest BCUT2D eigenvalue weighted by atomic mass is 9.74. The molecule has 1 fully saturated rings. The average molecular weight is 395 g/mol. The van der Waals surface area contributed by atoms with Gasteiger partial charge in [-0.05, 0) is 36.8 Å². The van der Waals surface area contributed by atoms with Gasteiger partial charge in [0, 0.05) is 37.1 Å². The van der Waals surface area contributed by atoms with Gasteiger partial charge in [-0.2, -0.15) is 0 Å². The molecule has 0 bridgehead atoms. The number of ether oxygens (including phenoxy) is 1. The second-order valence-corrected chi connectivity index (χ2v) is 7.76. The number of pyridine rings is 1. The van der Waals surface area contributed by atoms with Crippen LogP contribution in [0.3, 0.4) is 0 Å². The van der Waals surface area contributed by atoms with Crippen LogP contribution < -0.4 is 10.1 Å². The molecule has 1 aromatic heterocycles. The van der Waals surface area contributed by atoms with E-state index < -0.39 is 0 Å². The standard InChI is InChI=1S/C24H30N2O3/c1-29-24-13-7-11-20(26-24)16-19-10-5-6-12-21(19)22(27)14-15-23(28)25-17-18-8-3-2-4-9-18/h2-4,7-9,11,13,19,21H,5-6,10,12,14-17H2,1H3,(H,25,28)/t19-,21-/m1/s1. The maximum absolute atomic E-state index is 12.9. The Morgan fingerprint density at radius 1 is 1.03 bits per heavy atom. The third-order valence-electron chi connectivity index (χ3n) is 5.72. The molecule has 1 aliphatic rings. The summed E-state index contributed by atoms with van der Waals surface area (Å²) in [7, 11) is 1.61. The van der Waals surface area contributed by atoms with Crippen LogP contribution in [0.15, 0.2) is 48.5 Å². The summed E-state index contributed by atoms with van der Waals surface area (Å²) in [5.41, 5.74) is 2.03. The molecular formula is C24H30N2O3. The van der Waals surface area contributed by atoms with Crippen LogP contribution in [0.2, 0.25) is 0 Å². The number of benzene rings is 1. The zero-order valence-corrected chi connectivity index (χ0v) is 17.1. The zero-order chi connectivity index (χ0) is 20.5. The monoisotopic (exact) mass is 394 g/mol. The molecule has 2 atom stereocenters. The molecule has 2 aromatic rings. The summed E-state index contributed by atoms with van der Waals surface area (Å²) in [6.07, 6.45) is 5.54. The van der Waals surface area contributed by atoms with Gasteiger partial charge in [-0.15, -0.1) is 0 Å². The Kier molecular flexibility index (Phi) is 7.79. The number of nitrogens with zero attached hydrogens (tertiary/aromatic N) is 1. The largest absolute Gasteiger partial charge is 0.481 e. The number of Topliss-reactive ketones (excluding diaryl/α,β-unsaturated/α-hetero) is 1. The summed E-state index contributed by atoms with van der Waals surface area (Å²) in [5, 5.41) is 2.91. The molecule has 0 spiro atoms. The van der Waals surface area contributed by atoms with Crippen molar-refractivity contribution >= 4 is 11.7 Å². The molecule has 5 nitrogen and oxygen atoms in total. The lowest BCUT2D eigenvalue weighted by Gasteiger charge is -2.30. The molecule has 0 unspecified atom stereocenters. The van der Waals surface area contributed by atoms with Crippen molar-refractivity contribution in [3.8, 4) is 5.88 Å². The van der Waals surface area contributed by atoms with Crippen molar-refractivity contribution in [2.45, 2.75) is 51.5 Å². The number of aromatic nitrogens is 1. The fourth-order valence-electron chi connectivity index (χ4n) is 4.14. The van der Waals surface area contributed by atoms with Crippen LogP contribution in [0, 0.1) is 11.8 Å². The predicted octanol–water partition coefficient (Wildman–Crippen LogP) is 4.10. The van der Waals surface area contributed by atoms with E-state index in [1.807, 2.05) is 48.5 Å². The van der Waals surface area contributed by atoms with E-state index in [0.717, 1.165) is 43.4 Å². The second kappa shape index (κ2) is 10.7. The van der Waals surface area contributed by atoms with E-state index in [1.165, 1.54) is 0 Å². The normalized spacial score (nSPS) is 18.8. The number of hydrogen-bond acceptors (Lipinski definition) is 4. The van der Waals surface area contributed by atoms with Crippen LogP contribution in [0.25, 0.3) is 0 Å². The average Bonchev–Trinajstić information content (AvgIpc) is 2.77. The van der Waals surface area contributed by atoms with Crippen molar-refractivity contribution in [1.29, 1.82) is 0 Å². The van der Waals surface area contributed by atoms with E-state index in [0.29, 0.717) is 24.8 Å². The highest BCUT2D eigenvalue weighted by Crippen LogP contribution is 2.34. The van der Waals surface area contributed by atoms with Gasteiger partial charge in [0.25, 0.3) is 0 Å². The van der Waals surface area contributed by atoms with Crippen molar-refractivity contribution in [1.82, 2.24) is 10.3 Å². The first-order chi connectivity index (χ1) is 14.2. The Bertz CT molecular complexity index is 807. The third-order valence-corrected chi connectivity index (χ3v) is 5.72. The van der Waals surface area contributed by atoms with E-state index in [4.69, 9.17) is 4.74 Å². The minimum absolute atomic E-state index is 0.0266. The topological polar surface area (TPSA) is 68.3 Å². The van der Waals surface area contributed by atoms with Crippen LogP contribution in [0.4, 0.5) is 0 Å². The number of hydrogen-bond donors (Lipinski definition) is 1. The van der Waals surface area contributed by atoms with Gasteiger partial charge in [-0.25, -0.2) is 4.98 Å². The molecule has 1 N–H and O–H groups in total. The lowest BCUT2D eigenvalue weighted by molar-refractivity contribution is -0.129. The van der Waals surface area contributed by atoms with Gasteiger partial charge >= 0.3 is 0 Å². The van der Waals surface area contributed by atoms with Crippen molar-refractivity contribution < 1.29 is 14.3 Å². The Morgan fingerprint density at radius 3 is 2.62 bits per heavy atom. The number of carbonyl (C=O) groups excluding carboxylic acids is 2. The van der Waals surface area contributed by atoms with Crippen LogP contribution in [0.5, 0.6) is 5.88 Å². The number of methoxy groups -OCH3 is 1. The fraction of sp³-hybridized carbons (Fsp3) is 0.458. The highest BCUT2D eigenvalue weighted by molar-refractivity contribution is 5.86. The molecule has 1 heterocycles. The summed E-state index contributed by atoms with van der Waals surface area (Å²) in [4.78, 5) is 29.5. The highest BCUT2D eigenvalue weighted by atomic mass is 16.5. The molecule has 1 aliphatic carbocycles. The number of ketones is 1. The summed E-state index contributed by atoms with van der Waals surface area (Å²) in [6, 6.07) is 15.6. The summed E-state index contributed by atoms with van der Waals surface area (Å²) in [5.74, 6) is 1.08. The Morgan fingerprint density at radius 2 is 1.83 bits per heavy atom. The molecule has 1 saturated carbocycles. The molecule has 0 saturated heterocycles. The first-order valence-corrected chi connectivity index (χ1v) is 10.5. The summed E-state index contributed by atoms with van der Waals surface area (Å²) in [6.45, 7) is 0.501. The van der Waals surface area contributed by atoms with E-state index in [-0.39, 0.29) is 24.0 Å². The molecule has 154 valence electrons. The van der Waals surface area contributed by atoms with Crippen LogP contribution >= 0.6 is 0 Å². The SMILES string of the molecule is COc1cccc(C[C@H]2CCCC[C@H]2C(=O)CCC(=O)NCc2ccccc2)n1. The van der Waals surface area contributed by atoms with Crippen LogP contribution in [-0.4, -0.2) is 23.8 Å². The van der Waals surface area contributed by atoms with Gasteiger partial charge in [-0.1, -0.05) is 49.2 Å². The summed E-state index contributed by atoms with van der Waals surface area (Å²) < 4.78 is 5.22. The van der Waals surface area contributed by atoms with E-state index in [9.17, 15) is 9.59 Å². The zero-order valence-electron chi connectivity index (χ0n) is 17.1. The lowest BCUT2D eigenvalue weighted by Crippen LogP contribution is -2.30. The van der Waals surface area contributed by atoms with Gasteiger partial charge < -0.3 is 10.1 Å². The predicted molar refractivity (Wildman–Crippen MR) is 112 cm³/mol. The molecule has 29 heavy (non-hydrogen) atoms. The molecule has 1 amide bonds. The number of nitrogens with one attached hydrogen (secondary N) is 1. The quantitative estimate of drug-likeness (QED) is 0.695. The Hall–Kier alpha value is -2.69. The van der Waals surface area contributed by atoms with E-state index in [2.05, 4.69) is 10.3 Å². The smallest absolute Gasteiger partial charge is 0.220 e. The van der Waals surface area contributed by atoms with Crippen molar-refractivity contribution in [2.24, 2.45) is 11.8 Å². The maximum Gasteiger partial charge on any atom is 0.220 e. The number of carbonyl (C=O) groups is 2. The fourth-order valence-corrected chi connectivity index (χ4v) is 4.14. The molecule has 1 aromatic carbocycles. The third kappa shape index (κ3) is 6.41. The van der Waals surface area contributed by atoms with Crippen LogP contribution in [-0.2, 0) is 22.6 Å². The van der Waals surface area contributed by atoms with Crippen molar-refractivity contribution in [3.63, 3.8) is 0 Å². The number of rotatable bonds is 9.